The summed E-state index contributed by atoms with van der Waals surface area (Å²) in [5.74, 6) is 0.179. The lowest BCUT2D eigenvalue weighted by molar-refractivity contribution is -0.141. The molecule has 1 N–H and O–H groups in total. The first-order valence-electron chi connectivity index (χ1n) is 6.36. The van der Waals surface area contributed by atoms with Gasteiger partial charge in [-0.25, -0.2) is 0 Å². The summed E-state index contributed by atoms with van der Waals surface area (Å²) in [6, 6.07) is 0.337. The zero-order valence-corrected chi connectivity index (χ0v) is 9.73. The fourth-order valence-corrected chi connectivity index (χ4v) is 2.71. The fourth-order valence-electron chi connectivity index (χ4n) is 2.71. The van der Waals surface area contributed by atoms with Crippen molar-refractivity contribution in [2.45, 2.75) is 50.7 Å². The van der Waals surface area contributed by atoms with E-state index in [1.54, 1.807) is 0 Å². The largest absolute Gasteiger partial charge is 0.396 e. The lowest BCUT2D eigenvalue weighted by Gasteiger charge is -2.26. The van der Waals surface area contributed by atoms with Crippen LogP contribution in [-0.2, 0) is 9.53 Å². The minimum Gasteiger partial charge on any atom is -0.396 e. The quantitative estimate of drug-likeness (QED) is 0.777. The minimum atomic E-state index is -0.185. The summed E-state index contributed by atoms with van der Waals surface area (Å²) in [5.41, 5.74) is 0. The number of carbonyl (C=O) groups is 1. The van der Waals surface area contributed by atoms with Gasteiger partial charge < -0.3 is 14.7 Å². The van der Waals surface area contributed by atoms with E-state index in [4.69, 9.17) is 9.84 Å². The van der Waals surface area contributed by atoms with Crippen molar-refractivity contribution in [2.24, 2.45) is 0 Å². The van der Waals surface area contributed by atoms with Gasteiger partial charge in [-0.3, -0.25) is 4.79 Å². The molecule has 2 heterocycles. The lowest BCUT2D eigenvalue weighted by atomic mass is 10.1. The Balaban J connectivity index is 1.88. The summed E-state index contributed by atoms with van der Waals surface area (Å²) in [6.45, 7) is 1.82. The Kier molecular flexibility index (Phi) is 4.18. The van der Waals surface area contributed by atoms with Gasteiger partial charge >= 0.3 is 0 Å². The molecule has 2 saturated heterocycles. The highest BCUT2D eigenvalue weighted by Gasteiger charge is 2.34. The number of aliphatic hydroxyl groups excluding tert-OH is 1. The smallest absolute Gasteiger partial charge is 0.251 e. The van der Waals surface area contributed by atoms with Crippen molar-refractivity contribution in [3.63, 3.8) is 0 Å². The molecule has 0 spiro atoms. The zero-order chi connectivity index (χ0) is 11.4. The molecule has 1 unspecified atom stereocenters. The number of nitrogens with zero attached hydrogens (tertiary/aromatic N) is 1. The molecular formula is C12H21NO3. The molecule has 16 heavy (non-hydrogen) atoms. The van der Waals surface area contributed by atoms with Crippen LogP contribution in [0.25, 0.3) is 0 Å². The summed E-state index contributed by atoms with van der Waals surface area (Å²) >= 11 is 0. The maximum Gasteiger partial charge on any atom is 0.251 e. The van der Waals surface area contributed by atoms with E-state index in [9.17, 15) is 4.79 Å². The van der Waals surface area contributed by atoms with Gasteiger partial charge in [-0.05, 0) is 38.5 Å². The van der Waals surface area contributed by atoms with E-state index < -0.39 is 0 Å². The van der Waals surface area contributed by atoms with Gasteiger partial charge in [0, 0.05) is 25.8 Å². The predicted molar refractivity (Wildman–Crippen MR) is 60.0 cm³/mol. The summed E-state index contributed by atoms with van der Waals surface area (Å²) in [7, 11) is 0. The Morgan fingerprint density at radius 3 is 2.94 bits per heavy atom. The molecule has 4 heteroatoms. The minimum absolute atomic E-state index is 0.179. The van der Waals surface area contributed by atoms with Crippen LogP contribution in [0.2, 0.25) is 0 Å². The first-order chi connectivity index (χ1) is 7.83. The van der Waals surface area contributed by atoms with Gasteiger partial charge in [0.15, 0.2) is 0 Å². The maximum absolute atomic E-state index is 12.2. The molecule has 2 atom stereocenters. The van der Waals surface area contributed by atoms with Crippen molar-refractivity contribution >= 4 is 5.91 Å². The molecule has 0 aromatic heterocycles. The number of hydrogen-bond donors (Lipinski definition) is 1. The Labute approximate surface area is 96.6 Å². The third-order valence-corrected chi connectivity index (χ3v) is 3.56. The molecule has 0 aromatic carbocycles. The SMILES string of the molecule is O=C([C@@H]1CCCO1)N1CCCC1CCCO. The molecule has 0 saturated carbocycles. The van der Waals surface area contributed by atoms with Crippen molar-refractivity contribution in [2.75, 3.05) is 19.8 Å². The monoisotopic (exact) mass is 227 g/mol. The molecule has 0 aromatic rings. The first kappa shape index (κ1) is 11.9. The van der Waals surface area contributed by atoms with Gasteiger partial charge in [0.25, 0.3) is 5.91 Å². The third-order valence-electron chi connectivity index (χ3n) is 3.56. The molecular weight excluding hydrogens is 206 g/mol. The van der Waals surface area contributed by atoms with Gasteiger partial charge in [0.05, 0.1) is 0 Å². The van der Waals surface area contributed by atoms with E-state index in [0.29, 0.717) is 6.04 Å². The van der Waals surface area contributed by atoms with Gasteiger partial charge in [0.1, 0.15) is 6.10 Å². The normalized spacial score (nSPS) is 29.9. The van der Waals surface area contributed by atoms with Crippen LogP contribution in [0, 0.1) is 0 Å². The van der Waals surface area contributed by atoms with Crippen LogP contribution in [0.15, 0.2) is 0 Å². The van der Waals surface area contributed by atoms with Crippen LogP contribution >= 0.6 is 0 Å². The number of likely N-dealkylation sites (tertiary alicyclic amines) is 1. The average Bonchev–Trinajstić information content (AvgIpc) is 2.96. The highest BCUT2D eigenvalue weighted by molar-refractivity contribution is 5.81. The van der Waals surface area contributed by atoms with Crippen molar-refractivity contribution in [1.29, 1.82) is 0 Å². The summed E-state index contributed by atoms with van der Waals surface area (Å²) in [5, 5.41) is 8.83. The Morgan fingerprint density at radius 1 is 1.38 bits per heavy atom. The van der Waals surface area contributed by atoms with Crippen molar-refractivity contribution in [1.82, 2.24) is 4.90 Å². The van der Waals surface area contributed by atoms with Crippen molar-refractivity contribution < 1.29 is 14.6 Å². The second-order valence-electron chi connectivity index (χ2n) is 4.70. The van der Waals surface area contributed by atoms with Gasteiger partial charge in [-0.1, -0.05) is 0 Å². The van der Waals surface area contributed by atoms with Gasteiger partial charge in [0.2, 0.25) is 0 Å². The molecule has 4 nitrogen and oxygen atoms in total. The van der Waals surface area contributed by atoms with Crippen LogP contribution in [0.1, 0.15) is 38.5 Å². The van der Waals surface area contributed by atoms with Gasteiger partial charge in [-0.15, -0.1) is 0 Å². The molecule has 92 valence electrons. The highest BCUT2D eigenvalue weighted by Crippen LogP contribution is 2.25. The van der Waals surface area contributed by atoms with Crippen molar-refractivity contribution in [3.05, 3.63) is 0 Å². The Bertz CT molecular complexity index is 238. The second-order valence-corrected chi connectivity index (χ2v) is 4.70. The lowest BCUT2D eigenvalue weighted by Crippen LogP contribution is -2.42. The van der Waals surface area contributed by atoms with E-state index in [2.05, 4.69) is 0 Å². The number of ether oxygens (including phenoxy) is 1. The molecule has 2 aliphatic heterocycles. The predicted octanol–water partition coefficient (Wildman–Crippen LogP) is 0.929. The van der Waals surface area contributed by atoms with Crippen LogP contribution < -0.4 is 0 Å². The van der Waals surface area contributed by atoms with E-state index >= 15 is 0 Å². The van der Waals surface area contributed by atoms with Crippen LogP contribution in [0.3, 0.4) is 0 Å². The first-order valence-corrected chi connectivity index (χ1v) is 6.36. The molecule has 1 amide bonds. The van der Waals surface area contributed by atoms with Crippen LogP contribution in [-0.4, -0.2) is 47.8 Å². The fraction of sp³-hybridized carbons (Fsp3) is 0.917. The summed E-state index contributed by atoms with van der Waals surface area (Å²) in [6.07, 6.45) is 5.59. The van der Waals surface area contributed by atoms with Crippen LogP contribution in [0.4, 0.5) is 0 Å². The van der Waals surface area contributed by atoms with Crippen molar-refractivity contribution in [3.8, 4) is 0 Å². The average molecular weight is 227 g/mol. The molecule has 0 bridgehead atoms. The molecule has 2 aliphatic rings. The number of hydrogen-bond acceptors (Lipinski definition) is 3. The Morgan fingerprint density at radius 2 is 2.25 bits per heavy atom. The zero-order valence-electron chi connectivity index (χ0n) is 9.73. The number of carbonyl (C=O) groups excluding carboxylic acids is 1. The van der Waals surface area contributed by atoms with Crippen LogP contribution in [0.5, 0.6) is 0 Å². The topological polar surface area (TPSA) is 49.8 Å². The summed E-state index contributed by atoms with van der Waals surface area (Å²) in [4.78, 5) is 14.1. The molecule has 2 rings (SSSR count). The number of rotatable bonds is 4. The molecule has 2 fully saturated rings. The standard InChI is InChI=1S/C12H21NO3/c14-8-2-5-10-4-1-7-13(10)12(15)11-6-3-9-16-11/h10-11,14H,1-9H2/t10?,11-/m0/s1. The molecule has 0 radical (unpaired) electrons. The second kappa shape index (κ2) is 5.64. The number of amides is 1. The Hall–Kier alpha value is -0.610. The third kappa shape index (κ3) is 2.55. The van der Waals surface area contributed by atoms with E-state index in [1.165, 1.54) is 0 Å². The number of aliphatic hydroxyl groups is 1. The summed E-state index contributed by atoms with van der Waals surface area (Å²) < 4.78 is 5.44. The highest BCUT2D eigenvalue weighted by atomic mass is 16.5. The maximum atomic E-state index is 12.2. The molecule has 0 aliphatic carbocycles. The van der Waals surface area contributed by atoms with E-state index in [1.807, 2.05) is 4.90 Å². The van der Waals surface area contributed by atoms with E-state index in [-0.39, 0.29) is 18.6 Å². The van der Waals surface area contributed by atoms with E-state index in [0.717, 1.165) is 51.7 Å². The van der Waals surface area contributed by atoms with Gasteiger partial charge in [-0.2, -0.15) is 0 Å².